The van der Waals surface area contributed by atoms with Crippen LogP contribution in [-0.4, -0.2) is 25.1 Å². The Morgan fingerprint density at radius 2 is 1.81 bits per heavy atom. The van der Waals surface area contributed by atoms with E-state index in [1.54, 1.807) is 62.4 Å². The molecule has 26 heavy (non-hydrogen) atoms. The molecule has 1 N–H and O–H groups in total. The maximum atomic E-state index is 12.4. The number of carbonyl (C=O) groups excluding carboxylic acids is 2. The minimum absolute atomic E-state index is 0.0114. The summed E-state index contributed by atoms with van der Waals surface area (Å²) in [5.74, 6) is -0.494. The molecule has 5 nitrogen and oxygen atoms in total. The number of esters is 1. The van der Waals surface area contributed by atoms with E-state index in [2.05, 4.69) is 5.32 Å². The van der Waals surface area contributed by atoms with Gasteiger partial charge in [0.2, 0.25) is 0 Å². The van der Waals surface area contributed by atoms with E-state index in [0.717, 1.165) is 0 Å². The van der Waals surface area contributed by atoms with Crippen LogP contribution in [0, 0.1) is 0 Å². The van der Waals surface area contributed by atoms with Crippen molar-refractivity contribution in [2.45, 2.75) is 20.0 Å². The van der Waals surface area contributed by atoms with E-state index in [9.17, 15) is 9.59 Å². The number of hydrogen-bond donors (Lipinski definition) is 1. The van der Waals surface area contributed by atoms with E-state index >= 15 is 0 Å². The second-order valence-electron chi connectivity index (χ2n) is 5.72. The second-order valence-corrected chi connectivity index (χ2v) is 6.13. The van der Waals surface area contributed by atoms with Crippen LogP contribution in [0.2, 0.25) is 5.02 Å². The third kappa shape index (κ3) is 5.36. The molecule has 0 aromatic heterocycles. The number of carbonyl (C=O) groups is 2. The zero-order valence-corrected chi connectivity index (χ0v) is 15.5. The van der Waals surface area contributed by atoms with E-state index < -0.39 is 11.9 Å². The first-order chi connectivity index (χ1) is 12.4. The summed E-state index contributed by atoms with van der Waals surface area (Å²) < 4.78 is 10.4. The molecule has 0 bridgehead atoms. The number of benzene rings is 2. The van der Waals surface area contributed by atoms with E-state index in [1.807, 2.05) is 0 Å². The quantitative estimate of drug-likeness (QED) is 0.612. The van der Waals surface area contributed by atoms with Gasteiger partial charge in [-0.2, -0.15) is 0 Å². The summed E-state index contributed by atoms with van der Waals surface area (Å²) in [5.41, 5.74) is 0.935. The zero-order valence-electron chi connectivity index (χ0n) is 14.8. The van der Waals surface area contributed by atoms with E-state index in [-0.39, 0.29) is 11.8 Å². The van der Waals surface area contributed by atoms with Gasteiger partial charge in [-0.05, 0) is 55.8 Å². The molecule has 2 rings (SSSR count). The SMILES string of the molecule is COc1ccc(Cl)c(C=C(NC(=O)c2ccccc2)C(=O)OC(C)C)c1. The van der Waals surface area contributed by atoms with Crippen molar-refractivity contribution in [2.75, 3.05) is 7.11 Å². The van der Waals surface area contributed by atoms with Crippen molar-refractivity contribution in [3.05, 3.63) is 70.4 Å². The molecule has 136 valence electrons. The number of methoxy groups -OCH3 is 1. The first-order valence-corrected chi connectivity index (χ1v) is 8.41. The number of nitrogens with one attached hydrogen (secondary N) is 1. The predicted octanol–water partition coefficient (Wildman–Crippen LogP) is 4.07. The lowest BCUT2D eigenvalue weighted by Gasteiger charge is -2.13. The summed E-state index contributed by atoms with van der Waals surface area (Å²) in [4.78, 5) is 24.8. The standard InChI is InChI=1S/C20H20ClNO4/c1-13(2)26-20(24)18(22-19(23)14-7-5-4-6-8-14)12-15-11-16(25-3)9-10-17(15)21/h4-13H,1-3H3,(H,22,23). The van der Waals surface area contributed by atoms with Gasteiger partial charge in [0.1, 0.15) is 11.4 Å². The summed E-state index contributed by atoms with van der Waals surface area (Å²) in [6.07, 6.45) is 1.14. The van der Waals surface area contributed by atoms with Crippen LogP contribution in [0.4, 0.5) is 0 Å². The van der Waals surface area contributed by atoms with Gasteiger partial charge >= 0.3 is 5.97 Å². The fraction of sp³-hybridized carbons (Fsp3) is 0.200. The lowest BCUT2D eigenvalue weighted by Crippen LogP contribution is -2.29. The van der Waals surface area contributed by atoms with Gasteiger partial charge in [-0.25, -0.2) is 4.79 Å². The molecule has 0 aliphatic rings. The molecule has 0 saturated heterocycles. The summed E-state index contributed by atoms with van der Waals surface area (Å²) in [7, 11) is 1.53. The van der Waals surface area contributed by atoms with Gasteiger partial charge in [0.05, 0.1) is 13.2 Å². The molecule has 0 atom stereocenters. The van der Waals surface area contributed by atoms with Crippen LogP contribution in [0.3, 0.4) is 0 Å². The van der Waals surface area contributed by atoms with E-state index in [1.165, 1.54) is 13.2 Å². The van der Waals surface area contributed by atoms with Crippen LogP contribution in [0.15, 0.2) is 54.2 Å². The molecule has 1 amide bonds. The molecular formula is C20H20ClNO4. The minimum Gasteiger partial charge on any atom is -0.497 e. The Morgan fingerprint density at radius 3 is 2.42 bits per heavy atom. The molecule has 0 heterocycles. The summed E-state index contributed by atoms with van der Waals surface area (Å²) >= 11 is 6.20. The van der Waals surface area contributed by atoms with Crippen molar-refractivity contribution in [2.24, 2.45) is 0 Å². The Labute approximate surface area is 157 Å². The van der Waals surface area contributed by atoms with Gasteiger partial charge in [0.25, 0.3) is 5.91 Å². The molecule has 2 aromatic carbocycles. The zero-order chi connectivity index (χ0) is 19.1. The largest absolute Gasteiger partial charge is 0.497 e. The lowest BCUT2D eigenvalue weighted by atomic mass is 10.1. The molecule has 0 saturated carbocycles. The highest BCUT2D eigenvalue weighted by atomic mass is 35.5. The summed E-state index contributed by atoms with van der Waals surface area (Å²) in [5, 5.41) is 3.01. The smallest absolute Gasteiger partial charge is 0.355 e. The second kappa shape index (κ2) is 9.06. The van der Waals surface area contributed by atoms with Crippen LogP contribution in [-0.2, 0) is 9.53 Å². The Balaban J connectivity index is 2.37. The van der Waals surface area contributed by atoms with Crippen molar-refractivity contribution in [3.8, 4) is 5.75 Å². The fourth-order valence-corrected chi connectivity index (χ4v) is 2.29. The van der Waals surface area contributed by atoms with Crippen molar-refractivity contribution >= 4 is 29.6 Å². The highest BCUT2D eigenvalue weighted by Gasteiger charge is 2.18. The van der Waals surface area contributed by atoms with Crippen LogP contribution in [0.25, 0.3) is 6.08 Å². The highest BCUT2D eigenvalue weighted by Crippen LogP contribution is 2.24. The fourth-order valence-electron chi connectivity index (χ4n) is 2.12. The Morgan fingerprint density at radius 1 is 1.12 bits per heavy atom. The number of rotatable bonds is 6. The van der Waals surface area contributed by atoms with Crippen LogP contribution >= 0.6 is 11.6 Å². The van der Waals surface area contributed by atoms with Gasteiger partial charge in [0, 0.05) is 10.6 Å². The molecule has 2 aromatic rings. The third-order valence-electron chi connectivity index (χ3n) is 3.35. The molecule has 6 heteroatoms. The first kappa shape index (κ1) is 19.5. The molecule has 0 radical (unpaired) electrons. The maximum Gasteiger partial charge on any atom is 0.355 e. The predicted molar refractivity (Wildman–Crippen MR) is 101 cm³/mol. The van der Waals surface area contributed by atoms with Gasteiger partial charge in [-0.15, -0.1) is 0 Å². The Hall–Kier alpha value is -2.79. The number of amides is 1. The Bertz CT molecular complexity index is 816. The van der Waals surface area contributed by atoms with Crippen molar-refractivity contribution in [1.82, 2.24) is 5.32 Å². The molecule has 0 aliphatic heterocycles. The molecule has 0 unspecified atom stereocenters. The van der Waals surface area contributed by atoms with Gasteiger partial charge < -0.3 is 14.8 Å². The summed E-state index contributed by atoms with van der Waals surface area (Å²) in [6, 6.07) is 13.6. The Kier molecular flexibility index (Phi) is 6.81. The molecule has 0 fully saturated rings. The first-order valence-electron chi connectivity index (χ1n) is 8.03. The van der Waals surface area contributed by atoms with Crippen LogP contribution < -0.4 is 10.1 Å². The van der Waals surface area contributed by atoms with Crippen molar-refractivity contribution in [1.29, 1.82) is 0 Å². The number of hydrogen-bond acceptors (Lipinski definition) is 4. The minimum atomic E-state index is -0.650. The number of ether oxygens (including phenoxy) is 2. The van der Waals surface area contributed by atoms with Gasteiger partial charge in [-0.3, -0.25) is 4.79 Å². The van der Waals surface area contributed by atoms with Crippen molar-refractivity contribution < 1.29 is 19.1 Å². The van der Waals surface area contributed by atoms with Crippen LogP contribution in [0.1, 0.15) is 29.8 Å². The maximum absolute atomic E-state index is 12.4. The van der Waals surface area contributed by atoms with E-state index in [4.69, 9.17) is 21.1 Å². The molecular weight excluding hydrogens is 354 g/mol. The van der Waals surface area contributed by atoms with Crippen LogP contribution in [0.5, 0.6) is 5.75 Å². The molecule has 0 spiro atoms. The topological polar surface area (TPSA) is 64.6 Å². The lowest BCUT2D eigenvalue weighted by molar-refractivity contribution is -0.142. The normalized spacial score (nSPS) is 11.2. The van der Waals surface area contributed by atoms with Gasteiger partial charge in [0.15, 0.2) is 0 Å². The van der Waals surface area contributed by atoms with Crippen molar-refractivity contribution in [3.63, 3.8) is 0 Å². The highest BCUT2D eigenvalue weighted by molar-refractivity contribution is 6.32. The third-order valence-corrected chi connectivity index (χ3v) is 3.69. The summed E-state index contributed by atoms with van der Waals surface area (Å²) in [6.45, 7) is 3.46. The average molecular weight is 374 g/mol. The molecule has 0 aliphatic carbocycles. The number of halogens is 1. The van der Waals surface area contributed by atoms with Gasteiger partial charge in [-0.1, -0.05) is 29.8 Å². The monoisotopic (exact) mass is 373 g/mol. The average Bonchev–Trinajstić information content (AvgIpc) is 2.62. The van der Waals surface area contributed by atoms with E-state index in [0.29, 0.717) is 21.9 Å².